The van der Waals surface area contributed by atoms with Crippen molar-refractivity contribution < 1.29 is 14.3 Å². The number of nitrogens with zero attached hydrogens (tertiary/aromatic N) is 2. The average Bonchev–Trinajstić information content (AvgIpc) is 2.46. The molecule has 0 bridgehead atoms. The standard InChI is InChI=1S/C15H10ClFN2O2/c1-2-8-12(17)6-11(16)10(7-18)13(8)14-9(15(20)21)4-3-5-19-14/h3-6H,2H2,1H3,(H,20,21). The van der Waals surface area contributed by atoms with Gasteiger partial charge in [0.1, 0.15) is 11.9 Å². The largest absolute Gasteiger partial charge is 0.478 e. The van der Waals surface area contributed by atoms with E-state index in [1.54, 1.807) is 6.92 Å². The van der Waals surface area contributed by atoms with Crippen LogP contribution >= 0.6 is 11.6 Å². The number of carboxylic acids is 1. The molecule has 1 heterocycles. The third-order valence-electron chi connectivity index (χ3n) is 3.07. The molecule has 2 aromatic rings. The summed E-state index contributed by atoms with van der Waals surface area (Å²) in [5.41, 5.74) is 0.321. The van der Waals surface area contributed by atoms with Crippen molar-refractivity contribution in [3.05, 3.63) is 51.9 Å². The van der Waals surface area contributed by atoms with Crippen LogP contribution in [0.15, 0.2) is 24.4 Å². The van der Waals surface area contributed by atoms with Crippen molar-refractivity contribution >= 4 is 17.6 Å². The lowest BCUT2D eigenvalue weighted by atomic mass is 9.93. The zero-order valence-corrected chi connectivity index (χ0v) is 11.8. The van der Waals surface area contributed by atoms with Crippen molar-refractivity contribution in [2.24, 2.45) is 0 Å². The summed E-state index contributed by atoms with van der Waals surface area (Å²) >= 11 is 5.91. The van der Waals surface area contributed by atoms with Gasteiger partial charge in [-0.2, -0.15) is 5.26 Å². The smallest absolute Gasteiger partial charge is 0.337 e. The van der Waals surface area contributed by atoms with Crippen LogP contribution in [0.3, 0.4) is 0 Å². The van der Waals surface area contributed by atoms with E-state index in [9.17, 15) is 19.6 Å². The zero-order valence-electron chi connectivity index (χ0n) is 11.0. The summed E-state index contributed by atoms with van der Waals surface area (Å²) in [5, 5.41) is 18.4. The monoisotopic (exact) mass is 304 g/mol. The van der Waals surface area contributed by atoms with Gasteiger partial charge in [-0.3, -0.25) is 4.98 Å². The highest BCUT2D eigenvalue weighted by atomic mass is 35.5. The fourth-order valence-electron chi connectivity index (χ4n) is 2.15. The number of halogens is 2. The summed E-state index contributed by atoms with van der Waals surface area (Å²) < 4.78 is 14.1. The molecule has 0 aliphatic rings. The maximum Gasteiger partial charge on any atom is 0.337 e. The number of benzene rings is 1. The minimum atomic E-state index is -1.20. The molecular weight excluding hydrogens is 295 g/mol. The molecule has 6 heteroatoms. The van der Waals surface area contributed by atoms with Crippen molar-refractivity contribution in [2.45, 2.75) is 13.3 Å². The average molecular weight is 305 g/mol. The normalized spacial score (nSPS) is 10.2. The number of aromatic nitrogens is 1. The molecule has 1 aromatic heterocycles. The highest BCUT2D eigenvalue weighted by Crippen LogP contribution is 2.35. The Labute approximate surface area is 125 Å². The van der Waals surface area contributed by atoms with E-state index in [1.165, 1.54) is 18.3 Å². The van der Waals surface area contributed by atoms with Gasteiger partial charge >= 0.3 is 5.97 Å². The van der Waals surface area contributed by atoms with Crippen LogP contribution in [0.25, 0.3) is 11.3 Å². The number of hydrogen-bond donors (Lipinski definition) is 1. The number of hydrogen-bond acceptors (Lipinski definition) is 3. The molecule has 4 nitrogen and oxygen atoms in total. The summed E-state index contributed by atoms with van der Waals surface area (Å²) in [6.45, 7) is 1.71. The minimum Gasteiger partial charge on any atom is -0.478 e. The van der Waals surface area contributed by atoms with Crippen LogP contribution in [0.1, 0.15) is 28.4 Å². The van der Waals surface area contributed by atoms with Crippen LogP contribution in [-0.4, -0.2) is 16.1 Å². The number of carboxylic acid groups (broad SMARTS) is 1. The van der Waals surface area contributed by atoms with Gasteiger partial charge in [0.2, 0.25) is 0 Å². The van der Waals surface area contributed by atoms with Crippen LogP contribution in [0.2, 0.25) is 5.02 Å². The maximum absolute atomic E-state index is 14.1. The summed E-state index contributed by atoms with van der Waals surface area (Å²) in [7, 11) is 0. The second-order valence-corrected chi connectivity index (χ2v) is 4.65. The van der Waals surface area contributed by atoms with E-state index in [-0.39, 0.29) is 39.4 Å². The van der Waals surface area contributed by atoms with E-state index in [0.717, 1.165) is 6.07 Å². The van der Waals surface area contributed by atoms with E-state index >= 15 is 0 Å². The lowest BCUT2D eigenvalue weighted by Gasteiger charge is -2.13. The van der Waals surface area contributed by atoms with Crippen molar-refractivity contribution in [1.29, 1.82) is 5.26 Å². The third kappa shape index (κ3) is 2.58. The summed E-state index contributed by atoms with van der Waals surface area (Å²) in [6.07, 6.45) is 1.67. The van der Waals surface area contributed by atoms with Gasteiger partial charge in [-0.1, -0.05) is 18.5 Å². The minimum absolute atomic E-state index is 0.0242. The topological polar surface area (TPSA) is 74.0 Å². The molecule has 0 fully saturated rings. The van der Waals surface area contributed by atoms with Gasteiger partial charge in [0.05, 0.1) is 21.8 Å². The quantitative estimate of drug-likeness (QED) is 0.938. The van der Waals surface area contributed by atoms with E-state index in [2.05, 4.69) is 4.98 Å². The van der Waals surface area contributed by atoms with Gasteiger partial charge in [0, 0.05) is 11.8 Å². The number of pyridine rings is 1. The molecule has 2 rings (SSSR count). The summed E-state index contributed by atoms with van der Waals surface area (Å²) in [6, 6.07) is 5.78. The molecule has 0 saturated heterocycles. The molecule has 106 valence electrons. The molecule has 21 heavy (non-hydrogen) atoms. The lowest BCUT2D eigenvalue weighted by Crippen LogP contribution is -2.06. The van der Waals surface area contributed by atoms with Crippen molar-refractivity contribution in [2.75, 3.05) is 0 Å². The molecule has 0 amide bonds. The van der Waals surface area contributed by atoms with Gasteiger partial charge in [-0.15, -0.1) is 0 Å². The Morgan fingerprint density at radius 2 is 2.29 bits per heavy atom. The molecular formula is C15H10ClFN2O2. The van der Waals surface area contributed by atoms with Gasteiger partial charge in [0.25, 0.3) is 0 Å². The highest BCUT2D eigenvalue weighted by molar-refractivity contribution is 6.32. The number of nitriles is 1. The van der Waals surface area contributed by atoms with Crippen molar-refractivity contribution in [3.63, 3.8) is 0 Å². The first-order valence-electron chi connectivity index (χ1n) is 6.10. The fourth-order valence-corrected chi connectivity index (χ4v) is 2.39. The van der Waals surface area contributed by atoms with E-state index in [1.807, 2.05) is 6.07 Å². The van der Waals surface area contributed by atoms with Crippen molar-refractivity contribution in [1.82, 2.24) is 4.98 Å². The van der Waals surface area contributed by atoms with E-state index < -0.39 is 11.8 Å². The molecule has 1 aromatic carbocycles. The van der Waals surface area contributed by atoms with Crippen LogP contribution < -0.4 is 0 Å². The Morgan fingerprint density at radius 3 is 2.86 bits per heavy atom. The Kier molecular flexibility index (Phi) is 4.20. The molecule has 0 aliphatic heterocycles. The van der Waals surface area contributed by atoms with Gasteiger partial charge in [-0.05, 0) is 30.2 Å². The Morgan fingerprint density at radius 1 is 1.57 bits per heavy atom. The first-order chi connectivity index (χ1) is 10.0. The predicted molar refractivity (Wildman–Crippen MR) is 75.7 cm³/mol. The highest BCUT2D eigenvalue weighted by Gasteiger charge is 2.23. The molecule has 0 aliphatic carbocycles. The van der Waals surface area contributed by atoms with Crippen LogP contribution in [0.5, 0.6) is 0 Å². The Hall–Kier alpha value is -2.45. The second kappa shape index (κ2) is 5.90. The second-order valence-electron chi connectivity index (χ2n) is 4.24. The SMILES string of the molecule is CCc1c(F)cc(Cl)c(C#N)c1-c1ncccc1C(=O)O. The van der Waals surface area contributed by atoms with E-state index in [0.29, 0.717) is 0 Å². The molecule has 0 unspecified atom stereocenters. The molecule has 1 N–H and O–H groups in total. The van der Waals surface area contributed by atoms with Crippen molar-refractivity contribution in [3.8, 4) is 17.3 Å². The number of rotatable bonds is 3. The number of carbonyl (C=O) groups is 1. The van der Waals surface area contributed by atoms with Gasteiger partial charge < -0.3 is 5.11 Å². The van der Waals surface area contributed by atoms with E-state index in [4.69, 9.17) is 11.6 Å². The Bertz CT molecular complexity index is 769. The fraction of sp³-hybridized carbons (Fsp3) is 0.133. The zero-order chi connectivity index (χ0) is 15.6. The summed E-state index contributed by atoms with van der Waals surface area (Å²) in [5.74, 6) is -1.79. The van der Waals surface area contributed by atoms with Gasteiger partial charge in [-0.25, -0.2) is 9.18 Å². The summed E-state index contributed by atoms with van der Waals surface area (Å²) in [4.78, 5) is 15.3. The molecule has 0 radical (unpaired) electrons. The Balaban J connectivity index is 2.93. The van der Waals surface area contributed by atoms with Gasteiger partial charge in [0.15, 0.2) is 0 Å². The first-order valence-corrected chi connectivity index (χ1v) is 6.48. The maximum atomic E-state index is 14.1. The third-order valence-corrected chi connectivity index (χ3v) is 3.37. The van der Waals surface area contributed by atoms with Crippen LogP contribution in [0.4, 0.5) is 4.39 Å². The molecule has 0 spiro atoms. The molecule has 0 atom stereocenters. The van der Waals surface area contributed by atoms with Crippen LogP contribution in [0, 0.1) is 17.1 Å². The lowest BCUT2D eigenvalue weighted by molar-refractivity contribution is 0.0697. The first kappa shape index (κ1) is 14.9. The molecule has 0 saturated carbocycles. The number of aromatic carboxylic acids is 1. The predicted octanol–water partition coefficient (Wildman–Crippen LogP) is 3.67. The van der Waals surface area contributed by atoms with Crippen LogP contribution in [-0.2, 0) is 6.42 Å².